The van der Waals surface area contributed by atoms with Crippen LogP contribution in [0.3, 0.4) is 0 Å². The highest BCUT2D eigenvalue weighted by Gasteiger charge is 2.00. The molecule has 0 aliphatic heterocycles. The fraction of sp³-hybridized carbons (Fsp3) is 0.600. The van der Waals surface area contributed by atoms with E-state index in [9.17, 15) is 10.2 Å². The van der Waals surface area contributed by atoms with E-state index in [-0.39, 0.29) is 0 Å². The molecule has 2 aromatic carbocycles. The zero-order valence-electron chi connectivity index (χ0n) is 22.6. The van der Waals surface area contributed by atoms with Gasteiger partial charge in [0.25, 0.3) is 0 Å². The Morgan fingerprint density at radius 2 is 0.750 bits per heavy atom. The Balaban J connectivity index is 0.000000593. The maximum atomic E-state index is 9.58. The van der Waals surface area contributed by atoms with Gasteiger partial charge in [-0.25, -0.2) is 0 Å². The van der Waals surface area contributed by atoms with Crippen molar-refractivity contribution in [1.82, 2.24) is 0 Å². The van der Waals surface area contributed by atoms with Crippen molar-refractivity contribution in [2.45, 2.75) is 117 Å². The van der Waals surface area contributed by atoms with Crippen molar-refractivity contribution in [3.63, 3.8) is 0 Å². The molecule has 0 saturated heterocycles. The monoisotopic (exact) mass is 522 g/mol. The second-order valence-corrected chi connectivity index (χ2v) is 9.81. The highest BCUT2D eigenvalue weighted by atomic mass is 31.2. The normalized spacial score (nSPS) is 10.4. The topological polar surface area (TPSA) is 101 Å². The van der Waals surface area contributed by atoms with E-state index in [0.717, 1.165) is 24.0 Å². The molecule has 5 nitrogen and oxygen atoms in total. The molecule has 0 fully saturated rings. The van der Waals surface area contributed by atoms with E-state index in [1.807, 2.05) is 36.4 Å². The minimum Gasteiger partial charge on any atom is -0.508 e. The molecule has 206 valence electrons. The van der Waals surface area contributed by atoms with Crippen LogP contribution in [0.15, 0.2) is 48.5 Å². The lowest BCUT2D eigenvalue weighted by Gasteiger charge is -2.04. The zero-order valence-corrected chi connectivity index (χ0v) is 23.5. The molecule has 6 heteroatoms. The average Bonchev–Trinajstić information content (AvgIpc) is 2.85. The number of rotatable bonds is 16. The predicted octanol–water partition coefficient (Wildman–Crippen LogP) is 8.56. The minimum absolute atomic E-state index is 0.452. The van der Waals surface area contributed by atoms with Gasteiger partial charge in [0.15, 0.2) is 0 Å². The molecule has 0 bridgehead atoms. The van der Waals surface area contributed by atoms with Crippen molar-refractivity contribution >= 4 is 8.60 Å². The van der Waals surface area contributed by atoms with Crippen LogP contribution in [0.1, 0.15) is 115 Å². The number of hydrogen-bond donors (Lipinski definition) is 5. The Kier molecular flexibility index (Phi) is 23.9. The van der Waals surface area contributed by atoms with Gasteiger partial charge >= 0.3 is 8.60 Å². The van der Waals surface area contributed by atoms with Gasteiger partial charge in [-0.05, 0) is 48.9 Å². The number of phenolic OH excluding ortho intramolecular Hbond substituents is 2. The van der Waals surface area contributed by atoms with Crippen LogP contribution in [0.5, 0.6) is 11.5 Å². The summed E-state index contributed by atoms with van der Waals surface area (Å²) in [5.74, 6) is 0.905. The fourth-order valence-electron chi connectivity index (χ4n) is 3.99. The van der Waals surface area contributed by atoms with Gasteiger partial charge < -0.3 is 24.9 Å². The van der Waals surface area contributed by atoms with Gasteiger partial charge in [-0.3, -0.25) is 0 Å². The second kappa shape index (κ2) is 25.0. The summed E-state index contributed by atoms with van der Waals surface area (Å²) < 4.78 is 0. The molecule has 0 spiro atoms. The minimum atomic E-state index is -2.62. The van der Waals surface area contributed by atoms with E-state index in [0.29, 0.717) is 11.5 Å². The third-order valence-electron chi connectivity index (χ3n) is 6.08. The highest BCUT2D eigenvalue weighted by molar-refractivity contribution is 7.38. The lowest BCUT2D eigenvalue weighted by molar-refractivity contribution is 0.368. The van der Waals surface area contributed by atoms with E-state index >= 15 is 0 Å². The molecule has 2 aromatic rings. The average molecular weight is 523 g/mol. The molecule has 0 aliphatic rings. The lowest BCUT2D eigenvalue weighted by Crippen LogP contribution is -1.87. The van der Waals surface area contributed by atoms with Gasteiger partial charge in [0.05, 0.1) is 0 Å². The van der Waals surface area contributed by atoms with Gasteiger partial charge in [-0.1, -0.05) is 127 Å². The lowest BCUT2D eigenvalue weighted by atomic mass is 10.0. The van der Waals surface area contributed by atoms with Crippen LogP contribution in [-0.4, -0.2) is 24.9 Å². The van der Waals surface area contributed by atoms with Crippen molar-refractivity contribution in [2.75, 3.05) is 0 Å². The van der Waals surface area contributed by atoms with Gasteiger partial charge in [0.2, 0.25) is 0 Å². The van der Waals surface area contributed by atoms with Crippen LogP contribution in [0.25, 0.3) is 0 Å². The summed E-state index contributed by atoms with van der Waals surface area (Å²) in [6, 6.07) is 15.3. The number of benzene rings is 2. The molecule has 0 heterocycles. The number of aromatic hydroxyl groups is 2. The van der Waals surface area contributed by atoms with Crippen LogP contribution < -0.4 is 0 Å². The second-order valence-electron chi connectivity index (χ2n) is 9.27. The summed E-state index contributed by atoms with van der Waals surface area (Å²) >= 11 is 0. The third kappa shape index (κ3) is 21.6. The van der Waals surface area contributed by atoms with E-state index in [1.165, 1.54) is 89.9 Å². The Morgan fingerprint density at radius 3 is 1.06 bits per heavy atom. The summed E-state index contributed by atoms with van der Waals surface area (Å²) in [6.45, 7) is 4.50. The van der Waals surface area contributed by atoms with Crippen LogP contribution in [0.2, 0.25) is 0 Å². The molecule has 5 N–H and O–H groups in total. The molecular formula is C30H51O5P. The van der Waals surface area contributed by atoms with E-state index in [1.54, 1.807) is 12.1 Å². The van der Waals surface area contributed by atoms with Crippen molar-refractivity contribution < 1.29 is 24.9 Å². The van der Waals surface area contributed by atoms with Gasteiger partial charge in [-0.2, -0.15) is 0 Å². The zero-order chi connectivity index (χ0) is 26.9. The molecule has 0 radical (unpaired) electrons. The van der Waals surface area contributed by atoms with Crippen LogP contribution in [-0.2, 0) is 12.8 Å². The summed E-state index contributed by atoms with van der Waals surface area (Å²) in [5, 5.41) is 19.2. The number of phenols is 2. The third-order valence-corrected chi connectivity index (χ3v) is 6.08. The number of hydrogen-bond acceptors (Lipinski definition) is 5. The Labute approximate surface area is 221 Å². The first-order chi connectivity index (χ1) is 17.4. The number of aryl methyl sites for hydroxylation is 2. The molecule has 0 atom stereocenters. The summed E-state index contributed by atoms with van der Waals surface area (Å²) in [5.41, 5.74) is 2.19. The smallest absolute Gasteiger partial charge is 0.324 e. The Morgan fingerprint density at radius 1 is 0.472 bits per heavy atom. The van der Waals surface area contributed by atoms with Gasteiger partial charge in [0.1, 0.15) is 11.5 Å². The van der Waals surface area contributed by atoms with Crippen molar-refractivity contribution in [2.24, 2.45) is 0 Å². The first-order valence-electron chi connectivity index (χ1n) is 13.8. The van der Waals surface area contributed by atoms with E-state index in [4.69, 9.17) is 14.7 Å². The molecular weight excluding hydrogens is 471 g/mol. The number of unbranched alkanes of at least 4 members (excludes halogenated alkanes) is 12. The van der Waals surface area contributed by atoms with Crippen LogP contribution >= 0.6 is 8.60 Å². The number of para-hydroxylation sites is 2. The summed E-state index contributed by atoms with van der Waals surface area (Å²) in [7, 11) is -2.62. The summed E-state index contributed by atoms with van der Waals surface area (Å²) in [6.07, 6.45) is 20.6. The van der Waals surface area contributed by atoms with E-state index in [2.05, 4.69) is 13.8 Å². The Bertz CT molecular complexity index is 677. The maximum absolute atomic E-state index is 9.58. The molecule has 2 rings (SSSR count). The molecule has 0 aromatic heterocycles. The fourth-order valence-corrected chi connectivity index (χ4v) is 3.99. The molecule has 0 unspecified atom stereocenters. The highest BCUT2D eigenvalue weighted by Crippen LogP contribution is 2.20. The largest absolute Gasteiger partial charge is 0.508 e. The standard InChI is InChI=1S/2C15H24O.H3O3P/c2*1-2-3-4-5-6-7-8-11-14-12-9-10-13-15(14)16;1-4(2)3/h2*9-10,12-13,16H,2-8,11H2,1H3;1-3H. The maximum Gasteiger partial charge on any atom is 0.324 e. The van der Waals surface area contributed by atoms with Gasteiger partial charge in [-0.15, -0.1) is 0 Å². The molecule has 36 heavy (non-hydrogen) atoms. The van der Waals surface area contributed by atoms with Crippen LogP contribution in [0.4, 0.5) is 0 Å². The first kappa shape index (κ1) is 34.4. The van der Waals surface area contributed by atoms with Crippen molar-refractivity contribution in [3.05, 3.63) is 59.7 Å². The molecule has 0 aliphatic carbocycles. The van der Waals surface area contributed by atoms with Crippen molar-refractivity contribution in [1.29, 1.82) is 0 Å². The quantitative estimate of drug-likeness (QED) is 0.112. The van der Waals surface area contributed by atoms with Crippen molar-refractivity contribution in [3.8, 4) is 11.5 Å². The summed E-state index contributed by atoms with van der Waals surface area (Å²) in [4.78, 5) is 21.7. The first-order valence-corrected chi connectivity index (χ1v) is 15.0. The Hall–Kier alpha value is -1.65. The predicted molar refractivity (Wildman–Crippen MR) is 153 cm³/mol. The van der Waals surface area contributed by atoms with E-state index < -0.39 is 8.60 Å². The molecule has 0 saturated carbocycles. The van der Waals surface area contributed by atoms with Crippen LogP contribution in [0, 0.1) is 0 Å². The molecule has 0 amide bonds. The SMILES string of the molecule is CCCCCCCCCc1ccccc1O.CCCCCCCCCc1ccccc1O.OP(O)O. The van der Waals surface area contributed by atoms with Gasteiger partial charge in [0, 0.05) is 0 Å².